The molecule has 0 amide bonds. The van der Waals surface area contributed by atoms with E-state index in [0.717, 1.165) is 43.0 Å². The first-order chi connectivity index (χ1) is 8.71. The summed E-state index contributed by atoms with van der Waals surface area (Å²) in [5.74, 6) is 2.24. The molecule has 0 unspecified atom stereocenters. The monoisotopic (exact) mass is 251 g/mol. The Kier molecular flexibility index (Phi) is 4.44. The molecule has 1 aliphatic rings. The zero-order valence-corrected chi connectivity index (χ0v) is 11.0. The Hall–Kier alpha value is -1.26. The standard InChI is InChI=1S/C14H21NO3/c1-17-13-5-11(6-14(7-13)18-2)9-15-8-10-3-12(16)4-10/h5-7,10,12,15-16H,3-4,8-9H2,1-2H3. The van der Waals surface area contributed by atoms with Crippen LogP contribution in [0.5, 0.6) is 11.5 Å². The van der Waals surface area contributed by atoms with Crippen LogP contribution in [-0.4, -0.2) is 32.0 Å². The van der Waals surface area contributed by atoms with Gasteiger partial charge in [-0.2, -0.15) is 0 Å². The van der Waals surface area contributed by atoms with Crippen LogP contribution >= 0.6 is 0 Å². The molecule has 1 aromatic rings. The van der Waals surface area contributed by atoms with E-state index in [2.05, 4.69) is 5.32 Å². The molecule has 4 heteroatoms. The maximum atomic E-state index is 9.21. The molecular formula is C14H21NO3. The van der Waals surface area contributed by atoms with Crippen molar-refractivity contribution in [2.45, 2.75) is 25.5 Å². The highest BCUT2D eigenvalue weighted by Gasteiger charge is 2.26. The van der Waals surface area contributed by atoms with Crippen molar-refractivity contribution in [3.05, 3.63) is 23.8 Å². The van der Waals surface area contributed by atoms with E-state index in [-0.39, 0.29) is 6.10 Å². The highest BCUT2D eigenvalue weighted by Crippen LogP contribution is 2.26. The Labute approximate surface area is 108 Å². The minimum Gasteiger partial charge on any atom is -0.497 e. The SMILES string of the molecule is COc1cc(CNCC2CC(O)C2)cc(OC)c1. The van der Waals surface area contributed by atoms with E-state index in [4.69, 9.17) is 9.47 Å². The molecule has 0 aliphatic heterocycles. The van der Waals surface area contributed by atoms with E-state index in [1.54, 1.807) is 14.2 Å². The van der Waals surface area contributed by atoms with E-state index in [1.165, 1.54) is 0 Å². The maximum Gasteiger partial charge on any atom is 0.122 e. The summed E-state index contributed by atoms with van der Waals surface area (Å²) in [7, 11) is 3.31. The molecule has 2 N–H and O–H groups in total. The third-order valence-electron chi connectivity index (χ3n) is 3.38. The number of methoxy groups -OCH3 is 2. The third-order valence-corrected chi connectivity index (χ3v) is 3.38. The lowest BCUT2D eigenvalue weighted by Crippen LogP contribution is -2.35. The van der Waals surface area contributed by atoms with Gasteiger partial charge in [0, 0.05) is 12.6 Å². The van der Waals surface area contributed by atoms with Gasteiger partial charge in [-0.05, 0) is 43.0 Å². The fourth-order valence-corrected chi connectivity index (χ4v) is 2.26. The quantitative estimate of drug-likeness (QED) is 0.805. The molecule has 100 valence electrons. The van der Waals surface area contributed by atoms with E-state index < -0.39 is 0 Å². The molecule has 0 saturated heterocycles. The van der Waals surface area contributed by atoms with Crippen LogP contribution in [0, 0.1) is 5.92 Å². The summed E-state index contributed by atoms with van der Waals surface area (Å²) in [4.78, 5) is 0. The second-order valence-corrected chi connectivity index (χ2v) is 4.84. The molecule has 4 nitrogen and oxygen atoms in total. The van der Waals surface area contributed by atoms with Gasteiger partial charge < -0.3 is 19.9 Å². The number of ether oxygens (including phenoxy) is 2. The average Bonchev–Trinajstić information content (AvgIpc) is 2.36. The number of nitrogens with one attached hydrogen (secondary N) is 1. The summed E-state index contributed by atoms with van der Waals surface area (Å²) in [5, 5.41) is 12.6. The summed E-state index contributed by atoms with van der Waals surface area (Å²) in [5.41, 5.74) is 1.14. The molecule has 0 atom stereocenters. The van der Waals surface area contributed by atoms with E-state index in [1.807, 2.05) is 18.2 Å². The van der Waals surface area contributed by atoms with Crippen LogP contribution in [0.4, 0.5) is 0 Å². The summed E-state index contributed by atoms with van der Waals surface area (Å²) >= 11 is 0. The van der Waals surface area contributed by atoms with E-state index in [0.29, 0.717) is 5.92 Å². The van der Waals surface area contributed by atoms with Gasteiger partial charge in [0.25, 0.3) is 0 Å². The van der Waals surface area contributed by atoms with Crippen molar-refractivity contribution in [2.24, 2.45) is 5.92 Å². The van der Waals surface area contributed by atoms with Gasteiger partial charge in [0.2, 0.25) is 0 Å². The van der Waals surface area contributed by atoms with Gasteiger partial charge in [0.05, 0.1) is 20.3 Å². The predicted molar refractivity (Wildman–Crippen MR) is 70.0 cm³/mol. The maximum absolute atomic E-state index is 9.21. The van der Waals surface area contributed by atoms with E-state index >= 15 is 0 Å². The molecule has 18 heavy (non-hydrogen) atoms. The average molecular weight is 251 g/mol. The summed E-state index contributed by atoms with van der Waals surface area (Å²) in [6.45, 7) is 1.75. The van der Waals surface area contributed by atoms with Gasteiger partial charge in [-0.15, -0.1) is 0 Å². The number of aliphatic hydroxyl groups excluding tert-OH is 1. The molecule has 1 saturated carbocycles. The molecule has 0 aromatic heterocycles. The minimum absolute atomic E-state index is 0.0753. The lowest BCUT2D eigenvalue weighted by molar-refractivity contribution is 0.0430. The zero-order chi connectivity index (χ0) is 13.0. The van der Waals surface area contributed by atoms with Gasteiger partial charge in [-0.25, -0.2) is 0 Å². The van der Waals surface area contributed by atoms with Crippen molar-refractivity contribution >= 4 is 0 Å². The van der Waals surface area contributed by atoms with Crippen LogP contribution in [0.3, 0.4) is 0 Å². The number of benzene rings is 1. The molecule has 1 aromatic carbocycles. The van der Waals surface area contributed by atoms with Gasteiger partial charge >= 0.3 is 0 Å². The first-order valence-corrected chi connectivity index (χ1v) is 6.32. The van der Waals surface area contributed by atoms with Crippen LogP contribution in [-0.2, 0) is 6.54 Å². The van der Waals surface area contributed by atoms with Crippen molar-refractivity contribution in [3.8, 4) is 11.5 Å². The molecule has 0 heterocycles. The Morgan fingerprint density at radius 1 is 1.17 bits per heavy atom. The number of rotatable bonds is 6. The number of aliphatic hydroxyl groups is 1. The van der Waals surface area contributed by atoms with Crippen molar-refractivity contribution in [2.75, 3.05) is 20.8 Å². The van der Waals surface area contributed by atoms with Crippen LogP contribution < -0.4 is 14.8 Å². The predicted octanol–water partition coefficient (Wildman–Crippen LogP) is 1.56. The largest absolute Gasteiger partial charge is 0.497 e. The highest BCUT2D eigenvalue weighted by molar-refractivity contribution is 5.38. The highest BCUT2D eigenvalue weighted by atomic mass is 16.5. The molecule has 1 fully saturated rings. The normalized spacial score (nSPS) is 22.4. The fraction of sp³-hybridized carbons (Fsp3) is 0.571. The third kappa shape index (κ3) is 3.37. The van der Waals surface area contributed by atoms with Gasteiger partial charge in [0.1, 0.15) is 11.5 Å². The minimum atomic E-state index is -0.0753. The fourth-order valence-electron chi connectivity index (χ4n) is 2.26. The summed E-state index contributed by atoms with van der Waals surface area (Å²) in [6.07, 6.45) is 1.77. The number of hydrogen-bond donors (Lipinski definition) is 2. The second kappa shape index (κ2) is 6.07. The second-order valence-electron chi connectivity index (χ2n) is 4.84. The van der Waals surface area contributed by atoms with Crippen LogP contribution in [0.1, 0.15) is 18.4 Å². The Balaban J connectivity index is 1.84. The van der Waals surface area contributed by atoms with Crippen LogP contribution in [0.25, 0.3) is 0 Å². The van der Waals surface area contributed by atoms with Crippen molar-refractivity contribution in [3.63, 3.8) is 0 Å². The Bertz CT molecular complexity index is 366. The van der Waals surface area contributed by atoms with Crippen LogP contribution in [0.2, 0.25) is 0 Å². The first-order valence-electron chi connectivity index (χ1n) is 6.32. The lowest BCUT2D eigenvalue weighted by atomic mass is 9.82. The van der Waals surface area contributed by atoms with Gasteiger partial charge in [0.15, 0.2) is 0 Å². The van der Waals surface area contributed by atoms with Gasteiger partial charge in [-0.3, -0.25) is 0 Å². The lowest BCUT2D eigenvalue weighted by Gasteiger charge is -2.31. The molecule has 0 bridgehead atoms. The molecular weight excluding hydrogens is 230 g/mol. The van der Waals surface area contributed by atoms with Crippen LogP contribution in [0.15, 0.2) is 18.2 Å². The van der Waals surface area contributed by atoms with Crippen molar-refractivity contribution in [1.29, 1.82) is 0 Å². The van der Waals surface area contributed by atoms with E-state index in [9.17, 15) is 5.11 Å². The Morgan fingerprint density at radius 2 is 1.78 bits per heavy atom. The molecule has 2 rings (SSSR count). The van der Waals surface area contributed by atoms with Gasteiger partial charge in [-0.1, -0.05) is 0 Å². The smallest absolute Gasteiger partial charge is 0.122 e. The molecule has 0 radical (unpaired) electrons. The van der Waals surface area contributed by atoms with Crippen molar-refractivity contribution < 1.29 is 14.6 Å². The summed E-state index contributed by atoms with van der Waals surface area (Å²) < 4.78 is 10.5. The summed E-state index contributed by atoms with van der Waals surface area (Å²) in [6, 6.07) is 5.88. The first kappa shape index (κ1) is 13.2. The topological polar surface area (TPSA) is 50.7 Å². The molecule has 1 aliphatic carbocycles. The number of hydrogen-bond acceptors (Lipinski definition) is 4. The molecule has 0 spiro atoms. The van der Waals surface area contributed by atoms with Crippen molar-refractivity contribution in [1.82, 2.24) is 5.32 Å². The Morgan fingerprint density at radius 3 is 2.28 bits per heavy atom. The zero-order valence-electron chi connectivity index (χ0n) is 11.0.